The van der Waals surface area contributed by atoms with Gasteiger partial charge in [-0.2, -0.15) is 0 Å². The van der Waals surface area contributed by atoms with Crippen LogP contribution < -0.4 is 5.32 Å². The van der Waals surface area contributed by atoms with Crippen LogP contribution in [0.4, 0.5) is 5.00 Å². The van der Waals surface area contributed by atoms with E-state index in [2.05, 4.69) is 22.4 Å². The molecule has 1 N–H and O–H groups in total. The molecule has 7 nitrogen and oxygen atoms in total. The van der Waals surface area contributed by atoms with Crippen LogP contribution in [-0.4, -0.2) is 39.0 Å². The molecule has 2 heterocycles. The van der Waals surface area contributed by atoms with Crippen molar-refractivity contribution in [1.29, 1.82) is 0 Å². The van der Waals surface area contributed by atoms with E-state index in [1.165, 1.54) is 28.0 Å². The van der Waals surface area contributed by atoms with Gasteiger partial charge in [0.1, 0.15) is 10.8 Å². The Morgan fingerprint density at radius 2 is 2.14 bits per heavy atom. The Labute approximate surface area is 173 Å². The second kappa shape index (κ2) is 9.09. The van der Waals surface area contributed by atoms with Crippen molar-refractivity contribution in [2.24, 2.45) is 5.92 Å². The number of aryl methyl sites for hydroxylation is 1. The van der Waals surface area contributed by atoms with Crippen molar-refractivity contribution in [2.45, 2.75) is 58.7 Å². The first-order valence-corrected chi connectivity index (χ1v) is 11.4. The van der Waals surface area contributed by atoms with E-state index in [4.69, 9.17) is 4.74 Å². The minimum Gasteiger partial charge on any atom is -0.462 e. The summed E-state index contributed by atoms with van der Waals surface area (Å²) in [6, 6.07) is 0. The van der Waals surface area contributed by atoms with E-state index in [9.17, 15) is 9.59 Å². The summed E-state index contributed by atoms with van der Waals surface area (Å²) < 4.78 is 7.22. The molecular weight excluding hydrogens is 396 g/mol. The lowest BCUT2D eigenvalue weighted by atomic mass is 9.88. The molecule has 0 aliphatic heterocycles. The fourth-order valence-electron chi connectivity index (χ4n) is 3.38. The third-order valence-electron chi connectivity index (χ3n) is 4.79. The van der Waals surface area contributed by atoms with Crippen LogP contribution in [0.25, 0.3) is 0 Å². The van der Waals surface area contributed by atoms with Crippen LogP contribution in [0.15, 0.2) is 5.16 Å². The molecule has 1 atom stereocenters. The minimum absolute atomic E-state index is 0.162. The molecule has 0 radical (unpaired) electrons. The largest absolute Gasteiger partial charge is 0.462 e. The maximum atomic E-state index is 12.6. The van der Waals surface area contributed by atoms with E-state index in [-0.39, 0.29) is 17.6 Å². The minimum atomic E-state index is -0.348. The Morgan fingerprint density at radius 1 is 1.36 bits per heavy atom. The zero-order valence-electron chi connectivity index (χ0n) is 16.7. The van der Waals surface area contributed by atoms with Crippen molar-refractivity contribution in [3.05, 3.63) is 21.8 Å². The van der Waals surface area contributed by atoms with E-state index in [1.807, 2.05) is 18.4 Å². The summed E-state index contributed by atoms with van der Waals surface area (Å²) >= 11 is 2.85. The number of thiophene rings is 1. The maximum Gasteiger partial charge on any atom is 0.341 e. The van der Waals surface area contributed by atoms with Gasteiger partial charge in [0, 0.05) is 11.4 Å². The summed E-state index contributed by atoms with van der Waals surface area (Å²) in [4.78, 5) is 26.3. The molecule has 2 aromatic heterocycles. The first-order valence-electron chi connectivity index (χ1n) is 9.58. The third kappa shape index (κ3) is 4.41. The molecule has 0 fully saturated rings. The van der Waals surface area contributed by atoms with Crippen LogP contribution in [0.3, 0.4) is 0 Å². The van der Waals surface area contributed by atoms with Crippen molar-refractivity contribution >= 4 is 40.0 Å². The van der Waals surface area contributed by atoms with E-state index < -0.39 is 0 Å². The summed E-state index contributed by atoms with van der Waals surface area (Å²) in [7, 11) is 0. The van der Waals surface area contributed by atoms with Crippen molar-refractivity contribution < 1.29 is 14.3 Å². The molecule has 1 amide bonds. The third-order valence-corrected chi connectivity index (χ3v) is 6.93. The number of carbonyl (C=O) groups is 2. The van der Waals surface area contributed by atoms with Crippen LogP contribution in [0.5, 0.6) is 0 Å². The van der Waals surface area contributed by atoms with E-state index in [0.29, 0.717) is 23.1 Å². The highest BCUT2D eigenvalue weighted by Gasteiger charge is 2.29. The Morgan fingerprint density at radius 3 is 2.86 bits per heavy atom. The monoisotopic (exact) mass is 422 g/mol. The van der Waals surface area contributed by atoms with Gasteiger partial charge in [-0.25, -0.2) is 4.79 Å². The number of nitrogens with one attached hydrogen (secondary N) is 1. The summed E-state index contributed by atoms with van der Waals surface area (Å²) in [5.74, 6) is 1.11. The molecule has 0 aromatic carbocycles. The van der Waals surface area contributed by atoms with Crippen molar-refractivity contribution in [3.8, 4) is 0 Å². The number of rotatable bonds is 7. The predicted molar refractivity (Wildman–Crippen MR) is 111 cm³/mol. The molecule has 0 spiro atoms. The Balaban J connectivity index is 1.75. The molecule has 1 aliphatic rings. The zero-order valence-corrected chi connectivity index (χ0v) is 18.3. The van der Waals surface area contributed by atoms with Gasteiger partial charge in [-0.15, -0.1) is 21.5 Å². The van der Waals surface area contributed by atoms with Gasteiger partial charge in [0.25, 0.3) is 0 Å². The molecule has 9 heteroatoms. The number of aromatic nitrogens is 3. The summed E-state index contributed by atoms with van der Waals surface area (Å²) in [5.41, 5.74) is 1.59. The first kappa shape index (κ1) is 20.9. The van der Waals surface area contributed by atoms with Crippen LogP contribution in [0.2, 0.25) is 0 Å². The van der Waals surface area contributed by atoms with Gasteiger partial charge in [0.2, 0.25) is 5.91 Å². The molecule has 0 saturated carbocycles. The number of fused-ring (bicyclic) bond motifs is 1. The number of amides is 1. The predicted octanol–water partition coefficient (Wildman–Crippen LogP) is 3.70. The van der Waals surface area contributed by atoms with Crippen LogP contribution >= 0.6 is 23.1 Å². The lowest BCUT2D eigenvalue weighted by Crippen LogP contribution is -2.18. The smallest absolute Gasteiger partial charge is 0.341 e. The maximum absolute atomic E-state index is 12.6. The zero-order chi connectivity index (χ0) is 20.3. The highest BCUT2D eigenvalue weighted by atomic mass is 32.2. The van der Waals surface area contributed by atoms with Gasteiger partial charge < -0.3 is 14.6 Å². The van der Waals surface area contributed by atoms with Crippen LogP contribution in [0, 0.1) is 12.8 Å². The summed E-state index contributed by atoms with van der Waals surface area (Å²) in [5, 5.41) is 12.4. The number of esters is 1. The van der Waals surface area contributed by atoms with Crippen LogP contribution in [0.1, 0.15) is 53.8 Å². The van der Waals surface area contributed by atoms with Gasteiger partial charge in [-0.3, -0.25) is 4.79 Å². The normalized spacial score (nSPS) is 15.9. The molecule has 1 unspecified atom stereocenters. The van der Waals surface area contributed by atoms with Gasteiger partial charge in [0.05, 0.1) is 17.9 Å². The molecule has 0 bridgehead atoms. The SMILES string of the molecule is CCOC(=O)c1c(NC(=O)CSc2nnc(C)n2CC)sc2c1CCC(C)C2. The van der Waals surface area contributed by atoms with Crippen molar-refractivity contribution in [3.63, 3.8) is 0 Å². The van der Waals surface area contributed by atoms with Gasteiger partial charge in [-0.05, 0) is 51.5 Å². The number of carbonyl (C=O) groups excluding carboxylic acids is 2. The fourth-order valence-corrected chi connectivity index (χ4v) is 5.65. The molecule has 1 aliphatic carbocycles. The van der Waals surface area contributed by atoms with Gasteiger partial charge >= 0.3 is 5.97 Å². The van der Waals surface area contributed by atoms with E-state index in [1.54, 1.807) is 6.92 Å². The van der Waals surface area contributed by atoms with Crippen molar-refractivity contribution in [1.82, 2.24) is 14.8 Å². The number of ether oxygens (including phenoxy) is 1. The average Bonchev–Trinajstić information content (AvgIpc) is 3.19. The summed E-state index contributed by atoms with van der Waals surface area (Å²) in [6.45, 7) is 8.99. The molecule has 152 valence electrons. The second-order valence-corrected chi connectivity index (χ2v) is 8.93. The molecular formula is C19H26N4O3S2. The molecule has 0 saturated heterocycles. The van der Waals surface area contributed by atoms with E-state index >= 15 is 0 Å². The Hall–Kier alpha value is -1.87. The fraction of sp³-hybridized carbons (Fsp3) is 0.579. The highest BCUT2D eigenvalue weighted by molar-refractivity contribution is 7.99. The number of thioether (sulfide) groups is 1. The number of hydrogen-bond acceptors (Lipinski definition) is 7. The van der Waals surface area contributed by atoms with Gasteiger partial charge in [0.15, 0.2) is 5.16 Å². The number of hydrogen-bond donors (Lipinski definition) is 1. The summed E-state index contributed by atoms with van der Waals surface area (Å²) in [6.07, 6.45) is 2.84. The topological polar surface area (TPSA) is 86.1 Å². The molecule has 2 aromatic rings. The van der Waals surface area contributed by atoms with Crippen LogP contribution in [-0.2, 0) is 28.9 Å². The highest BCUT2D eigenvalue weighted by Crippen LogP contribution is 2.40. The van der Waals surface area contributed by atoms with Gasteiger partial charge in [-0.1, -0.05) is 18.7 Å². The Kier molecular flexibility index (Phi) is 6.77. The second-order valence-electron chi connectivity index (χ2n) is 6.89. The van der Waals surface area contributed by atoms with Crippen molar-refractivity contribution in [2.75, 3.05) is 17.7 Å². The number of nitrogens with zero attached hydrogens (tertiary/aromatic N) is 3. The quantitative estimate of drug-likeness (QED) is 0.541. The molecule has 28 heavy (non-hydrogen) atoms. The lowest BCUT2D eigenvalue weighted by Gasteiger charge is -2.18. The van der Waals surface area contributed by atoms with E-state index in [0.717, 1.165) is 42.4 Å². The number of anilines is 1. The molecule has 3 rings (SSSR count). The first-order chi connectivity index (χ1) is 13.4. The average molecular weight is 423 g/mol. The lowest BCUT2D eigenvalue weighted by molar-refractivity contribution is -0.113. The Bertz CT molecular complexity index is 875. The standard InChI is InChI=1S/C19H26N4O3S2/c1-5-23-12(4)21-22-19(23)27-10-15(24)20-17-16(18(25)26-6-2)13-8-7-11(3)9-14(13)28-17/h11H,5-10H2,1-4H3,(H,20,24).